The molecule has 72 valence electrons. The minimum atomic E-state index is -0.313. The van der Waals surface area contributed by atoms with Crippen LogP contribution in [0.2, 0.25) is 0 Å². The maximum absolute atomic E-state index is 10.4. The zero-order valence-electron chi connectivity index (χ0n) is 7.40. The van der Waals surface area contributed by atoms with Crippen LogP contribution in [0.5, 0.6) is 0 Å². The number of carbonyl (C=O) groups is 1. The number of nitrogens with one attached hydrogen (secondary N) is 2. The van der Waals surface area contributed by atoms with Crippen molar-refractivity contribution in [1.29, 1.82) is 10.5 Å². The summed E-state index contributed by atoms with van der Waals surface area (Å²) in [6.45, 7) is 1.30. The third-order valence-corrected chi connectivity index (χ3v) is 0.988. The quantitative estimate of drug-likeness (QED) is 0.226. The molecule has 7 heteroatoms. The van der Waals surface area contributed by atoms with Crippen molar-refractivity contribution in [1.82, 2.24) is 10.9 Å². The fourth-order valence-electron chi connectivity index (χ4n) is 0.442. The van der Waals surface area contributed by atoms with Crippen molar-refractivity contribution in [2.75, 3.05) is 0 Å². The molecule has 0 aromatic rings. The van der Waals surface area contributed by atoms with E-state index in [-0.39, 0.29) is 17.3 Å². The molecule has 0 spiro atoms. The molecule has 14 heavy (non-hydrogen) atoms. The van der Waals surface area contributed by atoms with Crippen LogP contribution in [0.1, 0.15) is 6.92 Å². The summed E-state index contributed by atoms with van der Waals surface area (Å²) in [5.41, 5.74) is 9.11. The smallest absolute Gasteiger partial charge is 0.235 e. The first-order chi connectivity index (χ1) is 6.61. The Bertz CT molecular complexity index is 355. The summed E-state index contributed by atoms with van der Waals surface area (Å²) >= 11 is 0. The fraction of sp³-hybridized carbons (Fsp3) is 0.143. The molecule has 0 heterocycles. The topological polar surface area (TPSA) is 127 Å². The first-order valence-corrected chi connectivity index (χ1v) is 3.46. The van der Waals surface area contributed by atoms with Gasteiger partial charge in [0.15, 0.2) is 5.70 Å². The highest BCUT2D eigenvalue weighted by molar-refractivity contribution is 5.74. The van der Waals surface area contributed by atoms with Gasteiger partial charge in [0.05, 0.1) is 0 Å². The number of hydrogen-bond acceptors (Lipinski definition) is 5. The van der Waals surface area contributed by atoms with Crippen molar-refractivity contribution in [2.24, 2.45) is 10.7 Å². The van der Waals surface area contributed by atoms with E-state index in [9.17, 15) is 4.79 Å². The molecule has 0 atom stereocenters. The van der Waals surface area contributed by atoms with Crippen LogP contribution in [0.25, 0.3) is 0 Å². The fourth-order valence-corrected chi connectivity index (χ4v) is 0.442. The van der Waals surface area contributed by atoms with Crippen LogP contribution in [-0.2, 0) is 4.79 Å². The second-order valence-electron chi connectivity index (χ2n) is 2.07. The molecule has 0 radical (unpaired) electrons. The third-order valence-electron chi connectivity index (χ3n) is 0.988. The van der Waals surface area contributed by atoms with E-state index in [0.29, 0.717) is 0 Å². The van der Waals surface area contributed by atoms with Crippen molar-refractivity contribution >= 4 is 12.2 Å². The van der Waals surface area contributed by atoms with Crippen molar-refractivity contribution in [2.45, 2.75) is 6.92 Å². The SMILES string of the molecule is CC(=O)NNC=NC(C#N)=C(N)C#N. The second-order valence-corrected chi connectivity index (χ2v) is 2.07. The zero-order valence-corrected chi connectivity index (χ0v) is 7.40. The van der Waals surface area contributed by atoms with Gasteiger partial charge in [-0.2, -0.15) is 10.5 Å². The number of carbonyl (C=O) groups excluding carboxylic acids is 1. The van der Waals surface area contributed by atoms with E-state index in [1.807, 2.05) is 0 Å². The van der Waals surface area contributed by atoms with Gasteiger partial charge in [-0.3, -0.25) is 15.6 Å². The Morgan fingerprint density at radius 2 is 2.14 bits per heavy atom. The number of nitrogens with zero attached hydrogens (tertiary/aromatic N) is 3. The standard InChI is InChI=1S/C7H8N6O/c1-5(14)13-12-4-11-7(3-9)6(10)2-8/h4H,10H2,1H3,(H,11,12)(H,13,14). The molecule has 0 aliphatic carbocycles. The van der Waals surface area contributed by atoms with Gasteiger partial charge in [-0.15, -0.1) is 0 Å². The number of amides is 1. The Labute approximate surface area is 80.5 Å². The third kappa shape index (κ3) is 4.36. The molecule has 7 nitrogen and oxygen atoms in total. The molecule has 0 aromatic carbocycles. The van der Waals surface area contributed by atoms with Gasteiger partial charge in [0, 0.05) is 6.92 Å². The Balaban J connectivity index is 4.31. The molecule has 0 bridgehead atoms. The van der Waals surface area contributed by atoms with Gasteiger partial charge in [0.2, 0.25) is 5.91 Å². The van der Waals surface area contributed by atoms with E-state index in [1.165, 1.54) is 6.92 Å². The van der Waals surface area contributed by atoms with Gasteiger partial charge in [-0.05, 0) is 0 Å². The molecule has 0 saturated heterocycles. The highest BCUT2D eigenvalue weighted by atomic mass is 16.2. The Kier molecular flexibility index (Phi) is 4.94. The van der Waals surface area contributed by atoms with Crippen molar-refractivity contribution in [3.8, 4) is 12.1 Å². The average Bonchev–Trinajstić information content (AvgIpc) is 2.16. The molecular weight excluding hydrogens is 184 g/mol. The minimum absolute atomic E-state index is 0.217. The van der Waals surface area contributed by atoms with E-state index >= 15 is 0 Å². The van der Waals surface area contributed by atoms with Gasteiger partial charge in [0.1, 0.15) is 24.2 Å². The average molecular weight is 192 g/mol. The Morgan fingerprint density at radius 3 is 2.57 bits per heavy atom. The predicted molar refractivity (Wildman–Crippen MR) is 47.9 cm³/mol. The maximum Gasteiger partial charge on any atom is 0.235 e. The number of allylic oxidation sites excluding steroid dienone is 2. The predicted octanol–water partition coefficient (Wildman–Crippen LogP) is -1.13. The van der Waals surface area contributed by atoms with Gasteiger partial charge < -0.3 is 5.73 Å². The van der Waals surface area contributed by atoms with Crippen LogP contribution >= 0.6 is 0 Å². The van der Waals surface area contributed by atoms with Crippen LogP contribution < -0.4 is 16.6 Å². The molecule has 0 aliphatic heterocycles. The molecule has 0 rings (SSSR count). The van der Waals surface area contributed by atoms with Gasteiger partial charge in [-0.1, -0.05) is 0 Å². The second kappa shape index (κ2) is 6.03. The number of hydrazine groups is 1. The first kappa shape index (κ1) is 11.5. The molecular formula is C7H8N6O. The van der Waals surface area contributed by atoms with E-state index in [4.69, 9.17) is 16.3 Å². The van der Waals surface area contributed by atoms with Crippen LogP contribution in [-0.4, -0.2) is 12.2 Å². The summed E-state index contributed by atoms with van der Waals surface area (Å²) < 4.78 is 0. The normalized spacial score (nSPS) is 11.1. The van der Waals surface area contributed by atoms with Crippen LogP contribution in [0.15, 0.2) is 16.4 Å². The maximum atomic E-state index is 10.4. The number of nitrogens with two attached hydrogens (primary N) is 1. The lowest BCUT2D eigenvalue weighted by Gasteiger charge is -1.97. The van der Waals surface area contributed by atoms with Gasteiger partial charge in [0.25, 0.3) is 0 Å². The monoisotopic (exact) mass is 192 g/mol. The molecule has 0 aliphatic rings. The van der Waals surface area contributed by atoms with Gasteiger partial charge in [-0.25, -0.2) is 4.99 Å². The van der Waals surface area contributed by atoms with Crippen LogP contribution in [0.4, 0.5) is 0 Å². The number of nitriles is 2. The molecule has 0 fully saturated rings. The minimum Gasteiger partial charge on any atom is -0.388 e. The van der Waals surface area contributed by atoms with Crippen LogP contribution in [0, 0.1) is 22.7 Å². The van der Waals surface area contributed by atoms with Crippen LogP contribution in [0.3, 0.4) is 0 Å². The largest absolute Gasteiger partial charge is 0.388 e. The summed E-state index contributed by atoms with van der Waals surface area (Å²) in [5.74, 6) is -0.313. The lowest BCUT2D eigenvalue weighted by atomic mass is 10.4. The van der Waals surface area contributed by atoms with Crippen molar-refractivity contribution in [3.63, 3.8) is 0 Å². The lowest BCUT2D eigenvalue weighted by molar-refractivity contribution is -0.119. The molecule has 1 amide bonds. The van der Waals surface area contributed by atoms with Crippen molar-refractivity contribution in [3.05, 3.63) is 11.4 Å². The highest BCUT2D eigenvalue weighted by Gasteiger charge is 1.97. The lowest BCUT2D eigenvalue weighted by Crippen LogP contribution is -2.34. The summed E-state index contributed by atoms with van der Waals surface area (Å²) in [5, 5.41) is 16.8. The molecule has 0 saturated carbocycles. The van der Waals surface area contributed by atoms with Crippen molar-refractivity contribution < 1.29 is 4.79 Å². The number of hydrogen-bond donors (Lipinski definition) is 3. The summed E-state index contributed by atoms with van der Waals surface area (Å²) in [7, 11) is 0. The highest BCUT2D eigenvalue weighted by Crippen LogP contribution is 1.95. The summed E-state index contributed by atoms with van der Waals surface area (Å²) in [4.78, 5) is 13.9. The van der Waals surface area contributed by atoms with E-state index < -0.39 is 0 Å². The Morgan fingerprint density at radius 1 is 1.50 bits per heavy atom. The zero-order chi connectivity index (χ0) is 11.0. The molecule has 0 aromatic heterocycles. The van der Waals surface area contributed by atoms with Gasteiger partial charge >= 0.3 is 0 Å². The summed E-state index contributed by atoms with van der Waals surface area (Å²) in [6, 6.07) is 3.19. The summed E-state index contributed by atoms with van der Waals surface area (Å²) in [6.07, 6.45) is 1.05. The Hall–Kier alpha value is -2.54. The number of aliphatic imine (C=N–C) groups is 1. The van der Waals surface area contributed by atoms with E-state index in [1.54, 1.807) is 12.1 Å². The molecule has 4 N–H and O–H groups in total. The number of rotatable bonds is 3. The van der Waals surface area contributed by atoms with E-state index in [0.717, 1.165) is 6.34 Å². The van der Waals surface area contributed by atoms with E-state index in [2.05, 4.69) is 15.8 Å². The molecule has 0 unspecified atom stereocenters. The first-order valence-electron chi connectivity index (χ1n) is 3.46.